The number of rotatable bonds is 6. The van der Waals surface area contributed by atoms with Crippen LogP contribution >= 0.6 is 23.4 Å². The van der Waals surface area contributed by atoms with Crippen LogP contribution < -0.4 is 15.5 Å². The quantitative estimate of drug-likeness (QED) is 0.283. The first-order valence-electron chi connectivity index (χ1n) is 10.1. The SMILES string of the molecule is CCSc1ccccc1NC1=NC(Nc2ccc(O)cc2)N(c2c(F)cccc2Cl)C=C1. The number of thioether (sulfide) groups is 1. The molecule has 3 N–H and O–H groups in total. The van der Waals surface area contributed by atoms with Crippen LogP contribution in [0.2, 0.25) is 5.02 Å². The molecule has 3 aromatic carbocycles. The van der Waals surface area contributed by atoms with E-state index in [1.54, 1.807) is 65.3 Å². The Kier molecular flexibility index (Phi) is 6.87. The Bertz CT molecular complexity index is 1130. The summed E-state index contributed by atoms with van der Waals surface area (Å²) in [5.41, 5.74) is 1.89. The van der Waals surface area contributed by atoms with Crippen molar-refractivity contribution in [1.29, 1.82) is 0 Å². The van der Waals surface area contributed by atoms with Gasteiger partial charge in [-0.05, 0) is 60.4 Å². The number of amidine groups is 1. The second-order valence-corrected chi connectivity index (χ2v) is 8.64. The average Bonchev–Trinajstić information content (AvgIpc) is 2.78. The number of halogens is 2. The predicted octanol–water partition coefficient (Wildman–Crippen LogP) is 6.54. The molecule has 164 valence electrons. The van der Waals surface area contributed by atoms with Crippen molar-refractivity contribution in [3.63, 3.8) is 0 Å². The summed E-state index contributed by atoms with van der Waals surface area (Å²) in [6.07, 6.45) is 2.85. The van der Waals surface area contributed by atoms with Crippen LogP contribution in [0.25, 0.3) is 0 Å². The first kappa shape index (κ1) is 22.0. The van der Waals surface area contributed by atoms with Gasteiger partial charge >= 0.3 is 0 Å². The molecule has 0 spiro atoms. The maximum Gasteiger partial charge on any atom is 0.202 e. The third-order valence-electron chi connectivity index (χ3n) is 4.73. The monoisotopic (exact) mass is 468 g/mol. The Labute approximate surface area is 195 Å². The number of anilines is 3. The lowest BCUT2D eigenvalue weighted by Crippen LogP contribution is -2.40. The Morgan fingerprint density at radius 3 is 2.62 bits per heavy atom. The van der Waals surface area contributed by atoms with E-state index in [1.165, 1.54) is 6.07 Å². The summed E-state index contributed by atoms with van der Waals surface area (Å²) in [7, 11) is 0. The van der Waals surface area contributed by atoms with Crippen molar-refractivity contribution in [3.8, 4) is 5.75 Å². The van der Waals surface area contributed by atoms with E-state index in [9.17, 15) is 9.50 Å². The zero-order chi connectivity index (χ0) is 22.5. The second kappa shape index (κ2) is 9.97. The van der Waals surface area contributed by atoms with Gasteiger partial charge in [0.1, 0.15) is 17.4 Å². The zero-order valence-electron chi connectivity index (χ0n) is 17.3. The molecule has 1 atom stereocenters. The van der Waals surface area contributed by atoms with E-state index in [0.29, 0.717) is 11.5 Å². The van der Waals surface area contributed by atoms with Gasteiger partial charge in [-0.25, -0.2) is 9.38 Å². The first-order chi connectivity index (χ1) is 15.5. The molecule has 5 nitrogen and oxygen atoms in total. The smallest absolute Gasteiger partial charge is 0.202 e. The highest BCUT2D eigenvalue weighted by atomic mass is 35.5. The molecule has 4 rings (SSSR count). The molecule has 0 amide bonds. The van der Waals surface area contributed by atoms with Crippen molar-refractivity contribution in [2.75, 3.05) is 21.3 Å². The number of hydrogen-bond acceptors (Lipinski definition) is 6. The van der Waals surface area contributed by atoms with Crippen molar-refractivity contribution in [2.24, 2.45) is 4.99 Å². The molecular weight excluding hydrogens is 447 g/mol. The van der Waals surface area contributed by atoms with Gasteiger partial charge in [0.15, 0.2) is 0 Å². The van der Waals surface area contributed by atoms with E-state index >= 15 is 0 Å². The minimum atomic E-state index is -0.674. The van der Waals surface area contributed by atoms with Crippen LogP contribution in [0, 0.1) is 5.82 Å². The topological polar surface area (TPSA) is 59.9 Å². The van der Waals surface area contributed by atoms with E-state index in [0.717, 1.165) is 16.3 Å². The highest BCUT2D eigenvalue weighted by Crippen LogP contribution is 2.33. The molecule has 0 radical (unpaired) electrons. The van der Waals surface area contributed by atoms with Gasteiger partial charge in [0.2, 0.25) is 6.29 Å². The fourth-order valence-electron chi connectivity index (χ4n) is 3.27. The third kappa shape index (κ3) is 5.00. The molecule has 32 heavy (non-hydrogen) atoms. The molecule has 1 aliphatic heterocycles. The van der Waals surface area contributed by atoms with Crippen LogP contribution in [-0.2, 0) is 0 Å². The molecule has 1 unspecified atom stereocenters. The molecule has 0 saturated heterocycles. The summed E-state index contributed by atoms with van der Waals surface area (Å²) < 4.78 is 14.7. The number of para-hydroxylation sites is 2. The van der Waals surface area contributed by atoms with E-state index in [4.69, 9.17) is 16.6 Å². The summed E-state index contributed by atoms with van der Waals surface area (Å²) in [5, 5.41) is 16.5. The summed E-state index contributed by atoms with van der Waals surface area (Å²) in [4.78, 5) is 7.53. The van der Waals surface area contributed by atoms with Gasteiger partial charge in [0.25, 0.3) is 0 Å². The average molecular weight is 469 g/mol. The number of nitrogens with one attached hydrogen (secondary N) is 2. The molecule has 1 heterocycles. The summed E-state index contributed by atoms with van der Waals surface area (Å²) >= 11 is 8.07. The van der Waals surface area contributed by atoms with Gasteiger partial charge < -0.3 is 20.6 Å². The van der Waals surface area contributed by atoms with Crippen molar-refractivity contribution < 1.29 is 9.50 Å². The van der Waals surface area contributed by atoms with E-state index in [2.05, 4.69) is 23.6 Å². The first-order valence-corrected chi connectivity index (χ1v) is 11.4. The van der Waals surface area contributed by atoms with Gasteiger partial charge in [-0.3, -0.25) is 0 Å². The van der Waals surface area contributed by atoms with Crippen LogP contribution in [0.4, 0.5) is 21.5 Å². The Morgan fingerprint density at radius 1 is 1.09 bits per heavy atom. The van der Waals surface area contributed by atoms with Gasteiger partial charge in [-0.2, -0.15) is 0 Å². The number of aliphatic imine (C=N–C) groups is 1. The summed E-state index contributed by atoms with van der Waals surface area (Å²) in [5.74, 6) is 1.28. The zero-order valence-corrected chi connectivity index (χ0v) is 18.9. The number of phenolic OH excluding ortho intramolecular Hbond substituents is 1. The summed E-state index contributed by atoms with van der Waals surface area (Å²) in [6.45, 7) is 2.10. The van der Waals surface area contributed by atoms with Crippen LogP contribution in [-0.4, -0.2) is 23.0 Å². The van der Waals surface area contributed by atoms with Crippen molar-refractivity contribution in [2.45, 2.75) is 18.1 Å². The molecule has 0 saturated carbocycles. The van der Waals surface area contributed by atoms with E-state index < -0.39 is 12.1 Å². The van der Waals surface area contributed by atoms with E-state index in [-0.39, 0.29) is 16.5 Å². The van der Waals surface area contributed by atoms with Gasteiger partial charge in [0, 0.05) is 16.8 Å². The van der Waals surface area contributed by atoms with Crippen molar-refractivity contribution in [3.05, 3.63) is 89.8 Å². The lowest BCUT2D eigenvalue weighted by atomic mass is 10.2. The number of aromatic hydroxyl groups is 1. The largest absolute Gasteiger partial charge is 0.508 e. The standard InChI is InChI=1S/C24H22ClFN4OS/c1-2-32-21-9-4-3-8-20(21)28-22-14-15-30(23-18(25)6-5-7-19(23)26)24(29-22)27-16-10-12-17(31)13-11-16/h3-15,24,27,31H,2H2,1H3,(H,28,29). The fourth-order valence-corrected chi connectivity index (χ4v) is 4.29. The number of nitrogens with zero attached hydrogens (tertiary/aromatic N) is 2. The number of hydrogen-bond donors (Lipinski definition) is 3. The molecular formula is C24H22ClFN4OS. The maximum absolute atomic E-state index is 14.7. The molecule has 0 bridgehead atoms. The van der Waals surface area contributed by atoms with Gasteiger partial charge in [-0.1, -0.05) is 36.7 Å². The summed E-state index contributed by atoms with van der Waals surface area (Å²) in [6, 6.07) is 19.2. The molecule has 1 aliphatic rings. The molecule has 8 heteroatoms. The minimum Gasteiger partial charge on any atom is -0.508 e. The van der Waals surface area contributed by atoms with Crippen molar-refractivity contribution >= 4 is 46.3 Å². The second-order valence-electron chi connectivity index (χ2n) is 6.93. The highest BCUT2D eigenvalue weighted by molar-refractivity contribution is 7.99. The number of benzene rings is 3. The third-order valence-corrected chi connectivity index (χ3v) is 5.99. The van der Waals surface area contributed by atoms with Crippen LogP contribution in [0.3, 0.4) is 0 Å². The van der Waals surface area contributed by atoms with Gasteiger partial charge in [0.05, 0.1) is 16.4 Å². The highest BCUT2D eigenvalue weighted by Gasteiger charge is 2.25. The Balaban J connectivity index is 1.67. The lowest BCUT2D eigenvalue weighted by molar-refractivity contribution is 0.475. The fraction of sp³-hybridized carbons (Fsp3) is 0.125. The molecule has 0 aliphatic carbocycles. The van der Waals surface area contributed by atoms with Crippen LogP contribution in [0.15, 0.2) is 88.9 Å². The normalized spacial score (nSPS) is 15.4. The number of phenols is 1. The Morgan fingerprint density at radius 2 is 1.88 bits per heavy atom. The van der Waals surface area contributed by atoms with Crippen LogP contribution in [0.1, 0.15) is 6.92 Å². The van der Waals surface area contributed by atoms with Crippen molar-refractivity contribution in [1.82, 2.24) is 0 Å². The van der Waals surface area contributed by atoms with Gasteiger partial charge in [-0.15, -0.1) is 11.8 Å². The predicted molar refractivity (Wildman–Crippen MR) is 132 cm³/mol. The van der Waals surface area contributed by atoms with Crippen LogP contribution in [0.5, 0.6) is 5.75 Å². The maximum atomic E-state index is 14.7. The molecule has 0 aromatic heterocycles. The van der Waals surface area contributed by atoms with E-state index in [1.807, 2.05) is 18.2 Å². The minimum absolute atomic E-state index is 0.156. The lowest BCUT2D eigenvalue weighted by Gasteiger charge is -2.33. The molecule has 0 fully saturated rings. The molecule has 3 aromatic rings. The Hall–Kier alpha value is -3.16.